The number of H-pyrrole nitrogens is 2. The van der Waals surface area contributed by atoms with Crippen molar-refractivity contribution >= 4 is 102 Å². The number of carbonyl (C=O) groups excluding carboxylic acids is 10. The number of amides is 9. The molecule has 9 amide bonds. The number of hydrogen-bond donors (Lipinski definition) is 13. The number of nitrogens with zero attached hydrogens (tertiary/aromatic N) is 1. The molecule has 520 valence electrons. The molecule has 7 aromatic rings. The van der Waals surface area contributed by atoms with E-state index in [4.69, 9.17) is 11.5 Å². The topological polar surface area (TPSA) is 374 Å². The molecule has 1 aliphatic heterocycles. The lowest BCUT2D eigenvalue weighted by molar-refractivity contribution is -0.141. The van der Waals surface area contributed by atoms with E-state index in [9.17, 15) is 29.1 Å². The van der Waals surface area contributed by atoms with Crippen molar-refractivity contribution in [3.63, 3.8) is 0 Å². The molecule has 0 radical (unpaired) electrons. The molecule has 1 saturated heterocycles. The van der Waals surface area contributed by atoms with Crippen molar-refractivity contribution in [2.45, 2.75) is 126 Å². The Hall–Kier alpha value is -9.34. The molecule has 24 nitrogen and oxygen atoms in total. The molecule has 98 heavy (non-hydrogen) atoms. The van der Waals surface area contributed by atoms with Crippen molar-refractivity contribution in [3.8, 4) is 0 Å². The van der Waals surface area contributed by atoms with E-state index >= 15 is 24.0 Å². The number of likely N-dealkylation sites (N-methyl/N-ethyl adjacent to an activating group) is 1. The van der Waals surface area contributed by atoms with Gasteiger partial charge in [-0.2, -0.15) is 0 Å². The summed E-state index contributed by atoms with van der Waals surface area (Å²) in [5.74, 6) is -8.57. The number of para-hydroxylation sites is 2. The van der Waals surface area contributed by atoms with Gasteiger partial charge in [-0.1, -0.05) is 149 Å². The van der Waals surface area contributed by atoms with Gasteiger partial charge < -0.3 is 74.0 Å². The van der Waals surface area contributed by atoms with Gasteiger partial charge in [0.05, 0.1) is 24.6 Å². The SMILES string of the molecule is CNC(=O)CN1CCSSCC(NC(=O)[C@@H](Cc2ccccc2)NC(=O)CCCN)C(=O)N[C@@H](Cc2ccccc2)C(=O)N[C@@H](Cc2c[nH]c3ccccc23)C(=O)N[C@H](Cc2c[nH]c3ccccc23)C(=O)N[C@@H](CCCCN)C(=O)CC([C@H](C)O)C(=O)N[C@@H](Cc2ccccc2)C1=O. The third-order valence-electron chi connectivity index (χ3n) is 17.1. The molecule has 5 aromatic carbocycles. The molecular weight excluding hydrogens is 1290 g/mol. The van der Waals surface area contributed by atoms with E-state index in [0.717, 1.165) is 32.6 Å². The molecular formula is C72H89N13O11S2. The minimum atomic E-state index is -1.47. The maximum atomic E-state index is 15.5. The van der Waals surface area contributed by atoms with Gasteiger partial charge in [-0.15, -0.1) is 0 Å². The Kier molecular flexibility index (Phi) is 28.9. The van der Waals surface area contributed by atoms with Crippen LogP contribution in [0.25, 0.3) is 21.8 Å². The fraction of sp³-hybridized carbons (Fsp3) is 0.389. The number of fused-ring (bicyclic) bond motifs is 2. The first-order valence-electron chi connectivity index (χ1n) is 33.1. The number of rotatable bonds is 23. The minimum absolute atomic E-state index is 0.0251. The second kappa shape index (κ2) is 38.0. The van der Waals surface area contributed by atoms with Crippen molar-refractivity contribution in [3.05, 3.63) is 180 Å². The first-order valence-corrected chi connectivity index (χ1v) is 35.6. The summed E-state index contributed by atoms with van der Waals surface area (Å²) in [5.41, 5.74) is 16.4. The largest absolute Gasteiger partial charge is 0.393 e. The zero-order chi connectivity index (χ0) is 69.9. The van der Waals surface area contributed by atoms with Crippen LogP contribution >= 0.6 is 21.6 Å². The van der Waals surface area contributed by atoms with E-state index in [1.807, 2.05) is 54.6 Å². The number of benzene rings is 5. The monoisotopic (exact) mass is 1380 g/mol. The highest BCUT2D eigenvalue weighted by Gasteiger charge is 2.38. The normalized spacial score (nSPS) is 20.6. The number of aliphatic hydroxyl groups is 1. The standard InChI is InChI=1S/C72H89N13O11S2/c1-45(86)53-40-63(87)56(29-16-17-31-73)79-69(93)59(38-49-41-76-54-27-14-12-25-51(49)54)82-70(94)60(39-50-42-77-55-28-15-13-26-52(50)55)81-68(92)58(36-47-21-8-4-9-22-47)80-71(95)62(84-67(91)57(78-64(88)30-18-32-74)35-46-19-6-3-7-20-46)44-98-97-34-33-85(43-65(89)75-2)72(96)61(83-66(53)90)37-48-23-10-5-11-24-48/h3-15,19-28,41-42,45,53,56-62,76-77,86H,16-18,29-40,43-44,73-74H2,1-2H3,(H,75,89)(H,78,88)(H,79,93)(H,80,95)(H,81,92)(H,82,94)(H,83,90)(H,84,91)/t45-,53?,56-,57+,58-,59+,60-,61-,62?/m0/s1. The van der Waals surface area contributed by atoms with E-state index < -0.39 is 126 Å². The van der Waals surface area contributed by atoms with Gasteiger partial charge in [0.15, 0.2) is 5.78 Å². The van der Waals surface area contributed by atoms with Crippen LogP contribution in [0, 0.1) is 5.92 Å². The second-order valence-electron chi connectivity index (χ2n) is 24.4. The zero-order valence-corrected chi connectivity index (χ0v) is 56.7. The Morgan fingerprint density at radius 1 is 0.571 bits per heavy atom. The Balaban J connectivity index is 1.22. The van der Waals surface area contributed by atoms with Crippen LogP contribution in [0.2, 0.25) is 0 Å². The average Bonchev–Trinajstić information content (AvgIpc) is 1.57. The summed E-state index contributed by atoms with van der Waals surface area (Å²) >= 11 is 0. The first kappa shape index (κ1) is 74.5. The summed E-state index contributed by atoms with van der Waals surface area (Å²) in [5, 5.41) is 35.6. The smallest absolute Gasteiger partial charge is 0.245 e. The number of nitrogens with two attached hydrogens (primary N) is 2. The van der Waals surface area contributed by atoms with Crippen LogP contribution in [0.15, 0.2) is 152 Å². The van der Waals surface area contributed by atoms with Crippen LogP contribution in [-0.2, 0) is 80.0 Å². The number of carbonyl (C=O) groups is 10. The van der Waals surface area contributed by atoms with Crippen molar-refractivity contribution in [1.29, 1.82) is 0 Å². The number of nitrogens with one attached hydrogen (secondary N) is 10. The summed E-state index contributed by atoms with van der Waals surface area (Å²) in [7, 11) is 3.75. The molecule has 9 atom stereocenters. The number of Topliss-reactive ketones (excluding diaryl/α,β-unsaturated/α-hetero) is 1. The second-order valence-corrected chi connectivity index (χ2v) is 27.0. The number of ketones is 1. The first-order chi connectivity index (χ1) is 47.4. The number of unbranched alkanes of at least 4 members (excludes halogenated alkanes) is 1. The lowest BCUT2D eigenvalue weighted by Gasteiger charge is -2.30. The molecule has 1 aliphatic rings. The quantitative estimate of drug-likeness (QED) is 0.0323. The molecule has 15 N–H and O–H groups in total. The summed E-state index contributed by atoms with van der Waals surface area (Å²) in [6.07, 6.45) is 2.15. The fourth-order valence-corrected chi connectivity index (χ4v) is 13.8. The Morgan fingerprint density at radius 3 is 1.60 bits per heavy atom. The number of aromatic nitrogens is 2. The number of aliphatic hydroxyl groups excluding tert-OH is 1. The van der Waals surface area contributed by atoms with E-state index in [1.54, 1.807) is 97.3 Å². The van der Waals surface area contributed by atoms with Crippen LogP contribution in [-0.4, -0.2) is 172 Å². The Labute approximate surface area is 577 Å². The average molecular weight is 1380 g/mol. The Bertz CT molecular complexity index is 3820. The highest BCUT2D eigenvalue weighted by molar-refractivity contribution is 8.76. The van der Waals surface area contributed by atoms with Gasteiger partial charge in [-0.05, 0) is 85.6 Å². The summed E-state index contributed by atoms with van der Waals surface area (Å²) in [4.78, 5) is 155. The van der Waals surface area contributed by atoms with Crippen molar-refractivity contribution < 1.29 is 53.1 Å². The molecule has 0 aliphatic carbocycles. The molecule has 0 saturated carbocycles. The lowest BCUT2D eigenvalue weighted by Crippen LogP contribution is -2.61. The van der Waals surface area contributed by atoms with Gasteiger partial charge in [0.1, 0.15) is 36.3 Å². The zero-order valence-electron chi connectivity index (χ0n) is 55.1. The van der Waals surface area contributed by atoms with Gasteiger partial charge in [-0.3, -0.25) is 47.9 Å². The summed E-state index contributed by atoms with van der Waals surface area (Å²) < 4.78 is 0. The highest BCUT2D eigenvalue weighted by Crippen LogP contribution is 2.26. The molecule has 8 rings (SSSR count). The number of hydrogen-bond acceptors (Lipinski definition) is 15. The molecule has 0 bridgehead atoms. The molecule has 3 heterocycles. The lowest BCUT2D eigenvalue weighted by atomic mass is 9.90. The molecule has 2 unspecified atom stereocenters. The molecule has 2 aromatic heterocycles. The third kappa shape index (κ3) is 22.1. The van der Waals surface area contributed by atoms with Crippen LogP contribution in [0.4, 0.5) is 0 Å². The fourth-order valence-electron chi connectivity index (χ4n) is 11.7. The predicted molar refractivity (Wildman–Crippen MR) is 380 cm³/mol. The maximum Gasteiger partial charge on any atom is 0.245 e. The van der Waals surface area contributed by atoms with Gasteiger partial charge in [0.25, 0.3) is 0 Å². The Morgan fingerprint density at radius 2 is 1.06 bits per heavy atom. The predicted octanol–water partition coefficient (Wildman–Crippen LogP) is 3.35. The molecule has 1 fully saturated rings. The van der Waals surface area contributed by atoms with Gasteiger partial charge >= 0.3 is 0 Å². The van der Waals surface area contributed by atoms with Crippen LogP contribution in [0.1, 0.15) is 73.3 Å². The van der Waals surface area contributed by atoms with Crippen molar-refractivity contribution in [2.75, 3.05) is 44.7 Å². The third-order valence-corrected chi connectivity index (χ3v) is 19.5. The summed E-state index contributed by atoms with van der Waals surface area (Å²) in [6, 6.07) is 31.8. The van der Waals surface area contributed by atoms with Crippen LogP contribution in [0.3, 0.4) is 0 Å². The maximum absolute atomic E-state index is 15.5. The van der Waals surface area contributed by atoms with Crippen molar-refractivity contribution in [1.82, 2.24) is 57.4 Å². The molecule has 26 heteroatoms. The van der Waals surface area contributed by atoms with Crippen molar-refractivity contribution in [2.24, 2.45) is 17.4 Å². The van der Waals surface area contributed by atoms with Crippen LogP contribution in [0.5, 0.6) is 0 Å². The minimum Gasteiger partial charge on any atom is -0.393 e. The number of aromatic amines is 2. The highest BCUT2D eigenvalue weighted by atomic mass is 33.1. The molecule has 0 spiro atoms. The van der Waals surface area contributed by atoms with Gasteiger partial charge in [-0.25, -0.2) is 0 Å². The summed E-state index contributed by atoms with van der Waals surface area (Å²) in [6.45, 7) is 1.29. The van der Waals surface area contributed by atoms with E-state index in [1.165, 1.54) is 29.7 Å². The van der Waals surface area contributed by atoms with Crippen LogP contribution < -0.4 is 54.0 Å². The van der Waals surface area contributed by atoms with E-state index in [0.29, 0.717) is 47.1 Å². The van der Waals surface area contributed by atoms with E-state index in [-0.39, 0.29) is 76.1 Å². The van der Waals surface area contributed by atoms with E-state index in [2.05, 4.69) is 52.5 Å². The van der Waals surface area contributed by atoms with Gasteiger partial charge in [0.2, 0.25) is 53.2 Å². The van der Waals surface area contributed by atoms with Gasteiger partial charge in [0, 0.05) is 104 Å².